The fraction of sp³-hybridized carbons (Fsp3) is 0.217. The summed E-state index contributed by atoms with van der Waals surface area (Å²) in [4.78, 5) is 10.2. The number of halogens is 3. The Labute approximate surface area is 166 Å². The lowest BCUT2D eigenvalue weighted by molar-refractivity contribution is -0.419. The van der Waals surface area contributed by atoms with Gasteiger partial charge in [0.1, 0.15) is 0 Å². The molecule has 29 heavy (non-hydrogen) atoms. The Hall–Kier alpha value is -2.67. The molecule has 3 aromatic carbocycles. The highest BCUT2D eigenvalue weighted by Gasteiger charge is 2.67. The Kier molecular flexibility index (Phi) is 4.94. The van der Waals surface area contributed by atoms with Gasteiger partial charge >= 0.3 is 12.0 Å². The van der Waals surface area contributed by atoms with Crippen molar-refractivity contribution in [3.05, 3.63) is 108 Å². The van der Waals surface area contributed by atoms with Crippen LogP contribution in [0.5, 0.6) is 0 Å². The van der Waals surface area contributed by atoms with E-state index in [4.69, 9.17) is 14.5 Å². The van der Waals surface area contributed by atoms with Crippen LogP contribution in [0.1, 0.15) is 23.6 Å². The maximum Gasteiger partial charge on any atom is 0.451 e. The average Bonchev–Trinajstić information content (AvgIpc) is 3.23. The highest BCUT2D eigenvalue weighted by atomic mass is 19.4. The Morgan fingerprint density at radius 2 is 1.17 bits per heavy atom. The summed E-state index contributed by atoms with van der Waals surface area (Å²) in [5.41, 5.74) is 0.250. The molecule has 1 fully saturated rings. The van der Waals surface area contributed by atoms with Crippen molar-refractivity contribution < 1.29 is 27.7 Å². The summed E-state index contributed by atoms with van der Waals surface area (Å²) in [5.74, 6) is -3.01. The van der Waals surface area contributed by atoms with Gasteiger partial charge in [-0.05, 0) is 18.1 Å². The second kappa shape index (κ2) is 7.30. The van der Waals surface area contributed by atoms with Crippen molar-refractivity contribution in [1.29, 1.82) is 0 Å². The summed E-state index contributed by atoms with van der Waals surface area (Å²) in [6.45, 7) is 1.78. The van der Waals surface area contributed by atoms with Crippen LogP contribution in [0.15, 0.2) is 91.0 Å². The van der Waals surface area contributed by atoms with E-state index in [1.165, 1.54) is 24.3 Å². The standard InChI is InChI=1S/C23H19F3O3/c1-21(17-11-5-2-6-12-17,18-13-7-3-8-14-18)20-27-22(29-28-20,23(24,25)26)19-15-9-4-10-16-19/h2-16,20H,1H3. The summed E-state index contributed by atoms with van der Waals surface area (Å²) in [7, 11) is 0. The van der Waals surface area contributed by atoms with Crippen molar-refractivity contribution in [2.75, 3.05) is 0 Å². The molecule has 6 heteroatoms. The van der Waals surface area contributed by atoms with Gasteiger partial charge in [-0.15, -0.1) is 0 Å². The molecule has 1 saturated heterocycles. The van der Waals surface area contributed by atoms with E-state index < -0.39 is 23.7 Å². The molecule has 0 amide bonds. The van der Waals surface area contributed by atoms with E-state index in [0.717, 1.165) is 11.1 Å². The number of hydrogen-bond acceptors (Lipinski definition) is 3. The first-order valence-electron chi connectivity index (χ1n) is 9.13. The summed E-state index contributed by atoms with van der Waals surface area (Å²) in [5, 5.41) is 0. The molecule has 4 rings (SSSR count). The summed E-state index contributed by atoms with van der Waals surface area (Å²) in [6, 6.07) is 25.5. The second-order valence-electron chi connectivity index (χ2n) is 7.04. The van der Waals surface area contributed by atoms with Crippen molar-refractivity contribution >= 4 is 0 Å². The van der Waals surface area contributed by atoms with E-state index >= 15 is 0 Å². The van der Waals surface area contributed by atoms with Crippen LogP contribution in [-0.4, -0.2) is 12.5 Å². The van der Waals surface area contributed by atoms with Gasteiger partial charge in [0, 0.05) is 5.56 Å². The van der Waals surface area contributed by atoms with Crippen molar-refractivity contribution in [1.82, 2.24) is 0 Å². The topological polar surface area (TPSA) is 27.7 Å². The van der Waals surface area contributed by atoms with Gasteiger partial charge in [0.05, 0.1) is 5.41 Å². The molecule has 0 spiro atoms. The van der Waals surface area contributed by atoms with Crippen LogP contribution in [0.2, 0.25) is 0 Å². The lowest BCUT2D eigenvalue weighted by Gasteiger charge is -2.35. The Morgan fingerprint density at radius 3 is 1.62 bits per heavy atom. The Bertz CT molecular complexity index is 906. The normalized spacial score (nSPS) is 22.6. The molecule has 3 aromatic rings. The van der Waals surface area contributed by atoms with Crippen LogP contribution in [0.3, 0.4) is 0 Å². The molecule has 1 heterocycles. The number of benzene rings is 3. The van der Waals surface area contributed by atoms with E-state index in [2.05, 4.69) is 0 Å². The first kappa shape index (κ1) is 19.6. The molecular formula is C23H19F3O3. The molecule has 0 aliphatic carbocycles. The minimum Gasteiger partial charge on any atom is -0.303 e. The third kappa shape index (κ3) is 3.23. The van der Waals surface area contributed by atoms with Gasteiger partial charge in [0.25, 0.3) is 0 Å². The highest BCUT2D eigenvalue weighted by Crippen LogP contribution is 2.52. The third-order valence-electron chi connectivity index (χ3n) is 5.27. The molecule has 1 aliphatic rings. The van der Waals surface area contributed by atoms with Crippen LogP contribution in [0.4, 0.5) is 13.2 Å². The zero-order valence-electron chi connectivity index (χ0n) is 15.6. The van der Waals surface area contributed by atoms with Gasteiger partial charge in [-0.3, -0.25) is 0 Å². The Balaban J connectivity index is 1.82. The van der Waals surface area contributed by atoms with Crippen molar-refractivity contribution in [3.63, 3.8) is 0 Å². The number of hydrogen-bond donors (Lipinski definition) is 0. The lowest BCUT2D eigenvalue weighted by Crippen LogP contribution is -2.46. The van der Waals surface area contributed by atoms with E-state index in [1.54, 1.807) is 13.0 Å². The minimum atomic E-state index is -4.85. The molecular weight excluding hydrogens is 381 g/mol. The fourth-order valence-corrected chi connectivity index (χ4v) is 3.57. The second-order valence-corrected chi connectivity index (χ2v) is 7.04. The minimum absolute atomic E-state index is 0.182. The quantitative estimate of drug-likeness (QED) is 0.525. The molecule has 150 valence electrons. The van der Waals surface area contributed by atoms with Crippen LogP contribution < -0.4 is 0 Å². The maximum atomic E-state index is 14.1. The number of ether oxygens (including phenoxy) is 1. The Morgan fingerprint density at radius 1 is 0.724 bits per heavy atom. The van der Waals surface area contributed by atoms with Gasteiger partial charge in [-0.2, -0.15) is 22.9 Å². The predicted molar refractivity (Wildman–Crippen MR) is 101 cm³/mol. The zero-order valence-corrected chi connectivity index (χ0v) is 15.6. The predicted octanol–water partition coefficient (Wildman–Crippen LogP) is 5.71. The summed E-state index contributed by atoms with van der Waals surface area (Å²) < 4.78 is 48.0. The van der Waals surface area contributed by atoms with Crippen molar-refractivity contribution in [2.24, 2.45) is 0 Å². The van der Waals surface area contributed by atoms with Crippen LogP contribution in [-0.2, 0) is 25.7 Å². The van der Waals surface area contributed by atoms with Crippen LogP contribution in [0, 0.1) is 0 Å². The molecule has 0 bridgehead atoms. The molecule has 2 unspecified atom stereocenters. The van der Waals surface area contributed by atoms with Gasteiger partial charge in [-0.1, -0.05) is 91.0 Å². The molecule has 0 aromatic heterocycles. The van der Waals surface area contributed by atoms with E-state index in [0.29, 0.717) is 0 Å². The monoisotopic (exact) mass is 400 g/mol. The summed E-state index contributed by atoms with van der Waals surface area (Å²) in [6.07, 6.45) is -6.19. The first-order chi connectivity index (χ1) is 13.9. The maximum absolute atomic E-state index is 14.1. The van der Waals surface area contributed by atoms with Crippen LogP contribution >= 0.6 is 0 Å². The smallest absolute Gasteiger partial charge is 0.303 e. The van der Waals surface area contributed by atoms with Gasteiger partial charge in [-0.25, -0.2) is 0 Å². The molecule has 0 saturated carbocycles. The largest absolute Gasteiger partial charge is 0.451 e. The number of rotatable bonds is 4. The molecule has 1 aliphatic heterocycles. The number of alkyl halides is 3. The van der Waals surface area contributed by atoms with E-state index in [9.17, 15) is 13.2 Å². The van der Waals surface area contributed by atoms with E-state index in [-0.39, 0.29) is 5.56 Å². The van der Waals surface area contributed by atoms with E-state index in [1.807, 2.05) is 60.7 Å². The molecule has 2 atom stereocenters. The zero-order chi connectivity index (χ0) is 20.5. The summed E-state index contributed by atoms with van der Waals surface area (Å²) >= 11 is 0. The molecule has 3 nitrogen and oxygen atoms in total. The SMILES string of the molecule is CC(c1ccccc1)(c1ccccc1)C1OOC(c2ccccc2)(C(F)(F)F)O1. The van der Waals surface area contributed by atoms with Crippen LogP contribution in [0.25, 0.3) is 0 Å². The van der Waals surface area contributed by atoms with Gasteiger partial charge < -0.3 is 4.74 Å². The van der Waals surface area contributed by atoms with Crippen molar-refractivity contribution in [2.45, 2.75) is 30.6 Å². The highest BCUT2D eigenvalue weighted by molar-refractivity contribution is 5.39. The first-order valence-corrected chi connectivity index (χ1v) is 9.13. The van der Waals surface area contributed by atoms with Gasteiger partial charge in [0.2, 0.25) is 6.29 Å². The third-order valence-corrected chi connectivity index (χ3v) is 5.27. The molecule has 0 N–H and O–H groups in total. The molecule has 0 radical (unpaired) electrons. The fourth-order valence-electron chi connectivity index (χ4n) is 3.57. The average molecular weight is 400 g/mol. The van der Waals surface area contributed by atoms with Gasteiger partial charge in [0.15, 0.2) is 0 Å². The lowest BCUT2D eigenvalue weighted by atomic mass is 9.75. The van der Waals surface area contributed by atoms with Crippen molar-refractivity contribution in [3.8, 4) is 0 Å².